The Bertz CT molecular complexity index is 615. The van der Waals surface area contributed by atoms with Crippen molar-refractivity contribution in [2.24, 2.45) is 0 Å². The normalized spacial score (nSPS) is 11.9. The minimum Gasteiger partial charge on any atom is -0.475 e. The standard InChI is InChI=1S/C14H17NO5/c1-14(7-16,8-17)15-6-10-9-4-2-3-5-11(9)20-12(10)13(18)19/h2-5,15-17H,6-8H2,1H3,(H,18,19). The number of hydrogen-bond donors (Lipinski definition) is 4. The summed E-state index contributed by atoms with van der Waals surface area (Å²) in [5.74, 6) is -1.27. The zero-order valence-corrected chi connectivity index (χ0v) is 11.1. The molecule has 2 rings (SSSR count). The lowest BCUT2D eigenvalue weighted by atomic mass is 10.0. The molecule has 0 spiro atoms. The molecule has 1 aromatic heterocycles. The Labute approximate surface area is 115 Å². The van der Waals surface area contributed by atoms with Crippen LogP contribution in [-0.4, -0.2) is 40.0 Å². The first-order valence-corrected chi connectivity index (χ1v) is 6.21. The van der Waals surface area contributed by atoms with Gasteiger partial charge in [-0.05, 0) is 13.0 Å². The summed E-state index contributed by atoms with van der Waals surface area (Å²) in [7, 11) is 0. The predicted molar refractivity (Wildman–Crippen MR) is 72.6 cm³/mol. The van der Waals surface area contributed by atoms with E-state index in [4.69, 9.17) is 4.42 Å². The summed E-state index contributed by atoms with van der Waals surface area (Å²) < 4.78 is 5.33. The second kappa shape index (κ2) is 5.62. The Morgan fingerprint density at radius 2 is 1.95 bits per heavy atom. The summed E-state index contributed by atoms with van der Waals surface area (Å²) in [4.78, 5) is 11.2. The molecule has 0 aliphatic heterocycles. The van der Waals surface area contributed by atoms with Crippen LogP contribution in [0.15, 0.2) is 28.7 Å². The fraction of sp³-hybridized carbons (Fsp3) is 0.357. The van der Waals surface area contributed by atoms with Crippen LogP contribution in [0, 0.1) is 0 Å². The highest BCUT2D eigenvalue weighted by molar-refractivity contribution is 5.95. The Kier molecular flexibility index (Phi) is 4.08. The molecule has 108 valence electrons. The number of fused-ring (bicyclic) bond motifs is 1. The van der Waals surface area contributed by atoms with E-state index in [2.05, 4.69) is 5.32 Å². The van der Waals surface area contributed by atoms with Gasteiger partial charge in [0.1, 0.15) is 5.58 Å². The van der Waals surface area contributed by atoms with Gasteiger partial charge >= 0.3 is 5.97 Å². The van der Waals surface area contributed by atoms with E-state index in [0.717, 1.165) is 0 Å². The molecule has 0 saturated heterocycles. The maximum atomic E-state index is 11.2. The number of aliphatic hydroxyl groups excluding tert-OH is 2. The van der Waals surface area contributed by atoms with Crippen molar-refractivity contribution in [1.29, 1.82) is 0 Å². The molecule has 0 saturated carbocycles. The largest absolute Gasteiger partial charge is 0.475 e. The lowest BCUT2D eigenvalue weighted by Crippen LogP contribution is -2.48. The molecule has 6 heteroatoms. The third kappa shape index (κ3) is 2.67. The highest BCUT2D eigenvalue weighted by Gasteiger charge is 2.25. The molecule has 6 nitrogen and oxygen atoms in total. The molecular weight excluding hydrogens is 262 g/mol. The number of hydrogen-bond acceptors (Lipinski definition) is 5. The van der Waals surface area contributed by atoms with Gasteiger partial charge in [-0.3, -0.25) is 0 Å². The van der Waals surface area contributed by atoms with Crippen molar-refractivity contribution < 1.29 is 24.5 Å². The Morgan fingerprint density at radius 1 is 1.30 bits per heavy atom. The van der Waals surface area contributed by atoms with E-state index in [1.54, 1.807) is 31.2 Å². The SMILES string of the molecule is CC(CO)(CO)NCc1c(C(=O)O)oc2ccccc12. The fourth-order valence-corrected chi connectivity index (χ4v) is 1.91. The molecule has 0 atom stereocenters. The molecule has 2 aromatic rings. The minimum atomic E-state index is -1.15. The van der Waals surface area contributed by atoms with Crippen LogP contribution in [0.1, 0.15) is 23.0 Å². The monoisotopic (exact) mass is 279 g/mol. The summed E-state index contributed by atoms with van der Waals surface area (Å²) >= 11 is 0. The van der Waals surface area contributed by atoms with Gasteiger partial charge in [-0.25, -0.2) is 4.79 Å². The number of benzene rings is 1. The van der Waals surface area contributed by atoms with E-state index < -0.39 is 11.5 Å². The van der Waals surface area contributed by atoms with Gasteiger partial charge in [0.2, 0.25) is 5.76 Å². The van der Waals surface area contributed by atoms with Gasteiger partial charge < -0.3 is 25.1 Å². The van der Waals surface area contributed by atoms with Crippen molar-refractivity contribution in [3.8, 4) is 0 Å². The van der Waals surface area contributed by atoms with Gasteiger partial charge in [0.15, 0.2) is 0 Å². The maximum absolute atomic E-state index is 11.2. The van der Waals surface area contributed by atoms with Crippen LogP contribution in [0.25, 0.3) is 11.0 Å². The van der Waals surface area contributed by atoms with Gasteiger partial charge in [0.05, 0.1) is 18.8 Å². The maximum Gasteiger partial charge on any atom is 0.372 e. The smallest absolute Gasteiger partial charge is 0.372 e. The van der Waals surface area contributed by atoms with Gasteiger partial charge in [0.25, 0.3) is 0 Å². The number of nitrogens with one attached hydrogen (secondary N) is 1. The van der Waals surface area contributed by atoms with Crippen LogP contribution >= 0.6 is 0 Å². The lowest BCUT2D eigenvalue weighted by Gasteiger charge is -2.26. The van der Waals surface area contributed by atoms with Crippen LogP contribution in [0.4, 0.5) is 0 Å². The summed E-state index contributed by atoms with van der Waals surface area (Å²) in [5, 5.41) is 31.3. The Morgan fingerprint density at radius 3 is 2.55 bits per heavy atom. The first kappa shape index (κ1) is 14.5. The number of aromatic carboxylic acids is 1. The van der Waals surface area contributed by atoms with Crippen LogP contribution < -0.4 is 5.32 Å². The van der Waals surface area contributed by atoms with Gasteiger partial charge in [-0.15, -0.1) is 0 Å². The zero-order chi connectivity index (χ0) is 14.8. The van der Waals surface area contributed by atoms with Crippen molar-refractivity contribution >= 4 is 16.9 Å². The summed E-state index contributed by atoms with van der Waals surface area (Å²) in [6, 6.07) is 7.03. The first-order valence-electron chi connectivity index (χ1n) is 6.21. The second-order valence-electron chi connectivity index (χ2n) is 4.94. The minimum absolute atomic E-state index is 0.128. The predicted octanol–water partition coefficient (Wildman–Crippen LogP) is 0.964. The number of para-hydroxylation sites is 1. The van der Waals surface area contributed by atoms with Crippen LogP contribution in [0.5, 0.6) is 0 Å². The number of aliphatic hydroxyl groups is 2. The molecule has 0 radical (unpaired) electrons. The number of carboxylic acids is 1. The lowest BCUT2D eigenvalue weighted by molar-refractivity contribution is 0.0662. The third-order valence-electron chi connectivity index (χ3n) is 3.28. The summed E-state index contributed by atoms with van der Waals surface area (Å²) in [6.07, 6.45) is 0. The highest BCUT2D eigenvalue weighted by atomic mass is 16.4. The number of carboxylic acid groups (broad SMARTS) is 1. The number of furan rings is 1. The Balaban J connectivity index is 2.37. The van der Waals surface area contributed by atoms with E-state index in [9.17, 15) is 20.1 Å². The molecule has 4 N–H and O–H groups in total. The van der Waals surface area contributed by atoms with E-state index in [0.29, 0.717) is 16.5 Å². The van der Waals surface area contributed by atoms with Crippen molar-refractivity contribution in [3.63, 3.8) is 0 Å². The highest BCUT2D eigenvalue weighted by Crippen LogP contribution is 2.26. The molecular formula is C14H17NO5. The first-order chi connectivity index (χ1) is 9.50. The molecule has 0 fully saturated rings. The van der Waals surface area contributed by atoms with E-state index in [-0.39, 0.29) is 25.5 Å². The fourth-order valence-electron chi connectivity index (χ4n) is 1.91. The molecule has 1 heterocycles. The van der Waals surface area contributed by atoms with E-state index in [1.165, 1.54) is 0 Å². The van der Waals surface area contributed by atoms with Gasteiger partial charge in [-0.1, -0.05) is 18.2 Å². The summed E-state index contributed by atoms with van der Waals surface area (Å²) in [6.45, 7) is 1.30. The molecule has 20 heavy (non-hydrogen) atoms. The van der Waals surface area contributed by atoms with E-state index >= 15 is 0 Å². The summed E-state index contributed by atoms with van der Waals surface area (Å²) in [5.41, 5.74) is 0.117. The average Bonchev–Trinajstić information content (AvgIpc) is 2.84. The molecule has 0 amide bonds. The molecule has 0 bridgehead atoms. The van der Waals surface area contributed by atoms with Crippen molar-refractivity contribution in [3.05, 3.63) is 35.6 Å². The van der Waals surface area contributed by atoms with Crippen LogP contribution in [-0.2, 0) is 6.54 Å². The van der Waals surface area contributed by atoms with Crippen LogP contribution in [0.3, 0.4) is 0 Å². The quantitative estimate of drug-likeness (QED) is 0.628. The number of carbonyl (C=O) groups is 1. The Hall–Kier alpha value is -1.89. The number of rotatable bonds is 6. The molecule has 0 unspecified atom stereocenters. The van der Waals surface area contributed by atoms with Crippen molar-refractivity contribution in [2.45, 2.75) is 19.0 Å². The molecule has 1 aromatic carbocycles. The van der Waals surface area contributed by atoms with Gasteiger partial charge in [-0.2, -0.15) is 0 Å². The van der Waals surface area contributed by atoms with Gasteiger partial charge in [0, 0.05) is 17.5 Å². The van der Waals surface area contributed by atoms with Crippen molar-refractivity contribution in [1.82, 2.24) is 5.32 Å². The average molecular weight is 279 g/mol. The van der Waals surface area contributed by atoms with E-state index in [1.807, 2.05) is 0 Å². The third-order valence-corrected chi connectivity index (χ3v) is 3.28. The molecule has 0 aliphatic rings. The zero-order valence-electron chi connectivity index (χ0n) is 11.1. The topological polar surface area (TPSA) is 103 Å². The van der Waals surface area contributed by atoms with Crippen molar-refractivity contribution in [2.75, 3.05) is 13.2 Å². The molecule has 0 aliphatic carbocycles. The second-order valence-corrected chi connectivity index (χ2v) is 4.94. The van der Waals surface area contributed by atoms with Crippen LogP contribution in [0.2, 0.25) is 0 Å².